The van der Waals surface area contributed by atoms with Crippen molar-refractivity contribution in [1.82, 2.24) is 10.6 Å². The molecule has 24 heavy (non-hydrogen) atoms. The van der Waals surface area contributed by atoms with Gasteiger partial charge < -0.3 is 10.6 Å². The lowest BCUT2D eigenvalue weighted by Crippen LogP contribution is -2.37. The number of rotatable bonds is 5. The van der Waals surface area contributed by atoms with Gasteiger partial charge in [0.05, 0.1) is 0 Å². The summed E-state index contributed by atoms with van der Waals surface area (Å²) in [6.07, 6.45) is 1.83. The van der Waals surface area contributed by atoms with E-state index < -0.39 is 0 Å². The first-order valence-corrected chi connectivity index (χ1v) is 9.03. The molecule has 2 N–H and O–H groups in total. The van der Waals surface area contributed by atoms with E-state index in [4.69, 9.17) is 0 Å². The van der Waals surface area contributed by atoms with Crippen LogP contribution in [0.5, 0.6) is 0 Å². The predicted molar refractivity (Wildman–Crippen MR) is 94.4 cm³/mol. The van der Waals surface area contributed by atoms with Gasteiger partial charge in [-0.1, -0.05) is 23.9 Å². The average Bonchev–Trinajstić information content (AvgIpc) is 2.63. The highest BCUT2D eigenvalue weighted by Crippen LogP contribution is 2.27. The summed E-state index contributed by atoms with van der Waals surface area (Å²) in [5.74, 6) is 0.0694. The summed E-state index contributed by atoms with van der Waals surface area (Å²) in [5.41, 5.74) is 1.08. The van der Waals surface area contributed by atoms with Crippen molar-refractivity contribution in [2.45, 2.75) is 29.2 Å². The minimum Gasteiger partial charge on any atom is -0.352 e. The Kier molecular flexibility index (Phi) is 5.88. The third kappa shape index (κ3) is 4.82. The van der Waals surface area contributed by atoms with Crippen LogP contribution in [0.2, 0.25) is 0 Å². The molecule has 1 amide bonds. The van der Waals surface area contributed by atoms with Gasteiger partial charge in [-0.3, -0.25) is 4.79 Å². The van der Waals surface area contributed by atoms with Crippen molar-refractivity contribution in [3.8, 4) is 0 Å². The van der Waals surface area contributed by atoms with Gasteiger partial charge in [0, 0.05) is 22.3 Å². The van der Waals surface area contributed by atoms with Crippen LogP contribution in [0.25, 0.3) is 0 Å². The van der Waals surface area contributed by atoms with E-state index in [2.05, 4.69) is 10.6 Å². The normalized spacial score (nSPS) is 15.2. The van der Waals surface area contributed by atoms with Gasteiger partial charge in [0.2, 0.25) is 5.91 Å². The maximum atomic E-state index is 12.9. The zero-order valence-corrected chi connectivity index (χ0v) is 14.2. The minimum absolute atomic E-state index is 0.138. The van der Waals surface area contributed by atoms with E-state index in [0.717, 1.165) is 41.3 Å². The molecule has 126 valence electrons. The molecular weight excluding hydrogens is 323 g/mol. The lowest BCUT2D eigenvalue weighted by atomic mass is 9.97. The SMILES string of the molecule is O=C(NCc1ccc(Sc2ccc(F)cc2)cc1)C1CCNCC1. The number of amides is 1. The van der Waals surface area contributed by atoms with E-state index in [0.29, 0.717) is 6.54 Å². The molecule has 1 aliphatic heterocycles. The van der Waals surface area contributed by atoms with Crippen molar-refractivity contribution >= 4 is 17.7 Å². The van der Waals surface area contributed by atoms with Crippen LogP contribution in [-0.4, -0.2) is 19.0 Å². The quantitative estimate of drug-likeness (QED) is 0.871. The first-order valence-electron chi connectivity index (χ1n) is 8.21. The molecule has 1 fully saturated rings. The van der Waals surface area contributed by atoms with Crippen molar-refractivity contribution in [3.63, 3.8) is 0 Å². The largest absolute Gasteiger partial charge is 0.352 e. The second-order valence-corrected chi connectivity index (χ2v) is 7.09. The number of carbonyl (C=O) groups excluding carboxylic acids is 1. The molecule has 2 aromatic rings. The van der Waals surface area contributed by atoms with E-state index in [1.165, 1.54) is 12.1 Å². The summed E-state index contributed by atoms with van der Waals surface area (Å²) in [6, 6.07) is 14.6. The number of benzene rings is 2. The molecule has 2 aromatic carbocycles. The van der Waals surface area contributed by atoms with E-state index in [1.54, 1.807) is 23.9 Å². The topological polar surface area (TPSA) is 41.1 Å². The maximum Gasteiger partial charge on any atom is 0.223 e. The smallest absolute Gasteiger partial charge is 0.223 e. The number of nitrogens with one attached hydrogen (secondary N) is 2. The fourth-order valence-electron chi connectivity index (χ4n) is 2.73. The summed E-state index contributed by atoms with van der Waals surface area (Å²) in [4.78, 5) is 14.2. The van der Waals surface area contributed by atoms with Crippen LogP contribution < -0.4 is 10.6 Å². The Bertz CT molecular complexity index is 667. The first-order chi connectivity index (χ1) is 11.7. The van der Waals surface area contributed by atoms with Crippen LogP contribution in [0.1, 0.15) is 18.4 Å². The lowest BCUT2D eigenvalue weighted by Gasteiger charge is -2.21. The van der Waals surface area contributed by atoms with Crippen LogP contribution in [-0.2, 0) is 11.3 Å². The van der Waals surface area contributed by atoms with Crippen LogP contribution in [0.3, 0.4) is 0 Å². The molecule has 1 heterocycles. The Balaban J connectivity index is 1.50. The summed E-state index contributed by atoms with van der Waals surface area (Å²) in [7, 11) is 0. The van der Waals surface area contributed by atoms with Crippen molar-refractivity contribution < 1.29 is 9.18 Å². The molecule has 5 heteroatoms. The molecule has 3 rings (SSSR count). The van der Waals surface area contributed by atoms with Gasteiger partial charge in [0.1, 0.15) is 5.82 Å². The Hall–Kier alpha value is -1.85. The number of hydrogen-bond donors (Lipinski definition) is 2. The molecule has 0 atom stereocenters. The van der Waals surface area contributed by atoms with Crippen molar-refractivity contribution in [2.75, 3.05) is 13.1 Å². The average molecular weight is 344 g/mol. The van der Waals surface area contributed by atoms with Crippen LogP contribution >= 0.6 is 11.8 Å². The van der Waals surface area contributed by atoms with Gasteiger partial charge in [0.25, 0.3) is 0 Å². The van der Waals surface area contributed by atoms with Crippen molar-refractivity contribution in [2.24, 2.45) is 5.92 Å². The molecule has 0 aliphatic carbocycles. The number of carbonyl (C=O) groups is 1. The van der Waals surface area contributed by atoms with Gasteiger partial charge in [-0.25, -0.2) is 4.39 Å². The van der Waals surface area contributed by atoms with Gasteiger partial charge in [0.15, 0.2) is 0 Å². The van der Waals surface area contributed by atoms with Crippen molar-refractivity contribution in [1.29, 1.82) is 0 Å². The molecule has 0 aromatic heterocycles. The summed E-state index contributed by atoms with van der Waals surface area (Å²) in [5, 5.41) is 6.30. The molecular formula is C19H21FN2OS. The van der Waals surface area contributed by atoms with Crippen molar-refractivity contribution in [3.05, 3.63) is 59.9 Å². The zero-order chi connectivity index (χ0) is 16.8. The molecule has 0 unspecified atom stereocenters. The fourth-order valence-corrected chi connectivity index (χ4v) is 3.55. The molecule has 0 spiro atoms. The third-order valence-corrected chi connectivity index (χ3v) is 5.17. The van der Waals surface area contributed by atoms with E-state index in [9.17, 15) is 9.18 Å². The molecule has 1 saturated heterocycles. The minimum atomic E-state index is -0.223. The Morgan fingerprint density at radius 3 is 2.25 bits per heavy atom. The molecule has 1 aliphatic rings. The second-order valence-electron chi connectivity index (χ2n) is 5.94. The van der Waals surface area contributed by atoms with Gasteiger partial charge in [-0.2, -0.15) is 0 Å². The summed E-state index contributed by atoms with van der Waals surface area (Å²) >= 11 is 1.59. The summed E-state index contributed by atoms with van der Waals surface area (Å²) in [6.45, 7) is 2.41. The van der Waals surface area contributed by atoms with E-state index in [1.807, 2.05) is 24.3 Å². The highest BCUT2D eigenvalue weighted by atomic mass is 32.2. The number of piperidine rings is 1. The zero-order valence-electron chi connectivity index (χ0n) is 13.4. The fraction of sp³-hybridized carbons (Fsp3) is 0.316. The third-order valence-electron chi connectivity index (χ3n) is 4.15. The number of hydrogen-bond acceptors (Lipinski definition) is 3. The molecule has 3 nitrogen and oxygen atoms in total. The second kappa shape index (κ2) is 8.31. The van der Waals surface area contributed by atoms with Crippen LogP contribution in [0.4, 0.5) is 4.39 Å². The Labute approximate surface area is 146 Å². The van der Waals surface area contributed by atoms with Gasteiger partial charge >= 0.3 is 0 Å². The van der Waals surface area contributed by atoms with E-state index in [-0.39, 0.29) is 17.6 Å². The lowest BCUT2D eigenvalue weighted by molar-refractivity contribution is -0.125. The molecule has 0 radical (unpaired) electrons. The van der Waals surface area contributed by atoms with E-state index >= 15 is 0 Å². The van der Waals surface area contributed by atoms with Crippen LogP contribution in [0.15, 0.2) is 58.3 Å². The maximum absolute atomic E-state index is 12.9. The van der Waals surface area contributed by atoms with Crippen LogP contribution in [0, 0.1) is 11.7 Å². The predicted octanol–water partition coefficient (Wildman–Crippen LogP) is 3.59. The van der Waals surface area contributed by atoms with Gasteiger partial charge in [-0.05, 0) is 67.9 Å². The summed E-state index contributed by atoms with van der Waals surface area (Å²) < 4.78 is 12.9. The van der Waals surface area contributed by atoms with Gasteiger partial charge in [-0.15, -0.1) is 0 Å². The highest BCUT2D eigenvalue weighted by molar-refractivity contribution is 7.99. The first kappa shape index (κ1) is 17.0. The monoisotopic (exact) mass is 344 g/mol. The Morgan fingerprint density at radius 1 is 1.04 bits per heavy atom. The Morgan fingerprint density at radius 2 is 1.62 bits per heavy atom. The standard InChI is InChI=1S/C19H21FN2OS/c20-16-3-7-18(8-4-16)24-17-5-1-14(2-6-17)13-22-19(23)15-9-11-21-12-10-15/h1-8,15,21H,9-13H2,(H,22,23). The molecule has 0 bridgehead atoms. The number of halogens is 1. The highest BCUT2D eigenvalue weighted by Gasteiger charge is 2.20. The molecule has 0 saturated carbocycles.